The first kappa shape index (κ1) is 39.4. The molecule has 0 saturated heterocycles. The number of aliphatic hydroxyl groups is 1. The van der Waals surface area contributed by atoms with Crippen molar-refractivity contribution in [2.24, 2.45) is 11.8 Å². The molecular formula is C40H51ClN4O6S. The lowest BCUT2D eigenvalue weighted by Gasteiger charge is -2.43. The number of hydrogen-bond donors (Lipinski definition) is 2. The van der Waals surface area contributed by atoms with Gasteiger partial charge in [0.2, 0.25) is 11.8 Å². The molecule has 0 radical (unpaired) electrons. The monoisotopic (exact) mass is 750 g/mol. The zero-order chi connectivity index (χ0) is 37.2. The molecule has 1 fully saturated rings. The molecular weight excluding hydrogens is 700 g/mol. The van der Waals surface area contributed by atoms with Crippen LogP contribution in [-0.2, 0) is 20.7 Å². The van der Waals surface area contributed by atoms with Crippen molar-refractivity contribution in [3.05, 3.63) is 88.6 Å². The number of aliphatic hydroxyl groups excluding tert-OH is 1. The van der Waals surface area contributed by atoms with E-state index in [2.05, 4.69) is 45.8 Å². The van der Waals surface area contributed by atoms with Crippen LogP contribution in [0.25, 0.3) is 0 Å². The van der Waals surface area contributed by atoms with Crippen LogP contribution in [-0.4, -0.2) is 80.4 Å². The lowest BCUT2D eigenvalue weighted by Crippen LogP contribution is -2.44. The van der Waals surface area contributed by atoms with E-state index >= 15 is 0 Å². The van der Waals surface area contributed by atoms with E-state index in [1.807, 2.05) is 25.2 Å². The number of carbonyl (C=O) groups excluding carboxylic acids is 2. The number of aryl methyl sites for hydroxylation is 1. The molecule has 2 N–H and O–H groups in total. The van der Waals surface area contributed by atoms with Crippen LogP contribution in [0.2, 0.25) is 5.02 Å². The fraction of sp³-hybridized carbons (Fsp3) is 0.475. The summed E-state index contributed by atoms with van der Waals surface area (Å²) in [6.07, 6.45) is 9.24. The smallest absolute Gasteiger partial charge is 0.263 e. The maximum Gasteiger partial charge on any atom is 0.263 e. The second kappa shape index (κ2) is 18.8. The van der Waals surface area contributed by atoms with Crippen LogP contribution in [0.3, 0.4) is 0 Å². The van der Waals surface area contributed by atoms with Crippen LogP contribution in [0.4, 0.5) is 5.69 Å². The number of carbonyl (C=O) groups is 2. The molecule has 1 saturated carbocycles. The number of fused-ring (bicyclic) bond motifs is 1. The van der Waals surface area contributed by atoms with Crippen molar-refractivity contribution in [1.29, 1.82) is 0 Å². The summed E-state index contributed by atoms with van der Waals surface area (Å²) in [7, 11) is 5.11. The summed E-state index contributed by atoms with van der Waals surface area (Å²) in [6, 6.07) is 15.2. The highest BCUT2D eigenvalue weighted by Crippen LogP contribution is 2.43. The highest BCUT2D eigenvalue weighted by molar-refractivity contribution is 7.98. The number of benzene rings is 2. The summed E-state index contributed by atoms with van der Waals surface area (Å²) in [5.41, 5.74) is 3.79. The molecule has 2 aromatic carbocycles. The maximum atomic E-state index is 13.2. The van der Waals surface area contributed by atoms with E-state index in [1.165, 1.54) is 11.1 Å². The maximum absolute atomic E-state index is 13.2. The van der Waals surface area contributed by atoms with Crippen molar-refractivity contribution in [2.45, 2.75) is 69.0 Å². The number of aromatic nitrogens is 1. The molecule has 0 bridgehead atoms. The largest absolute Gasteiger partial charge is 0.491 e. The van der Waals surface area contributed by atoms with Crippen LogP contribution in [0.5, 0.6) is 11.6 Å². The number of amides is 2. The first-order valence-corrected chi connectivity index (χ1v) is 19.2. The van der Waals surface area contributed by atoms with Gasteiger partial charge in [0.1, 0.15) is 5.75 Å². The number of ether oxygens (including phenoxy) is 3. The number of rotatable bonds is 16. The minimum Gasteiger partial charge on any atom is -0.491 e. The molecule has 5 atom stereocenters. The third-order valence-corrected chi connectivity index (χ3v) is 11.2. The second-order valence-electron chi connectivity index (χ2n) is 13.6. The zero-order valence-corrected chi connectivity index (χ0v) is 32.3. The van der Waals surface area contributed by atoms with Gasteiger partial charge in [0.15, 0.2) is 6.10 Å². The number of methoxy groups -OCH3 is 2. The lowest BCUT2D eigenvalue weighted by molar-refractivity contribution is -0.128. The van der Waals surface area contributed by atoms with Gasteiger partial charge in [0.25, 0.3) is 5.91 Å². The van der Waals surface area contributed by atoms with Gasteiger partial charge in [-0.05, 0) is 96.5 Å². The highest BCUT2D eigenvalue weighted by Gasteiger charge is 2.39. The first-order chi connectivity index (χ1) is 25.1. The van der Waals surface area contributed by atoms with Crippen LogP contribution in [0.15, 0.2) is 71.8 Å². The Bertz CT molecular complexity index is 1690. The van der Waals surface area contributed by atoms with Crippen molar-refractivity contribution >= 4 is 41.1 Å². The minimum absolute atomic E-state index is 0.0393. The van der Waals surface area contributed by atoms with Gasteiger partial charge in [0.05, 0.1) is 25.5 Å². The molecule has 10 nitrogen and oxygen atoms in total. The van der Waals surface area contributed by atoms with Crippen LogP contribution < -0.4 is 19.1 Å². The first-order valence-electron chi connectivity index (χ1n) is 18.0. The summed E-state index contributed by atoms with van der Waals surface area (Å²) >= 11 is 7.54. The Hall–Kier alpha value is -3.77. The molecule has 0 spiro atoms. The molecule has 52 heavy (non-hydrogen) atoms. The number of hydrogen-bond acceptors (Lipinski definition) is 9. The van der Waals surface area contributed by atoms with Gasteiger partial charge < -0.3 is 29.1 Å². The average Bonchev–Trinajstić information content (AvgIpc) is 3.32. The summed E-state index contributed by atoms with van der Waals surface area (Å²) in [5, 5.41) is 12.0. The molecule has 2 amide bonds. The predicted octanol–water partition coefficient (Wildman–Crippen LogP) is 7.00. The fourth-order valence-corrected chi connectivity index (χ4v) is 7.72. The number of nitrogens with one attached hydrogen (secondary N) is 1. The lowest BCUT2D eigenvalue weighted by atomic mass is 9.70. The molecule has 5 unspecified atom stereocenters. The van der Waals surface area contributed by atoms with E-state index in [1.54, 1.807) is 50.4 Å². The van der Waals surface area contributed by atoms with Gasteiger partial charge in [-0.15, -0.1) is 0 Å². The van der Waals surface area contributed by atoms with E-state index in [-0.39, 0.29) is 17.9 Å². The van der Waals surface area contributed by atoms with E-state index in [4.69, 9.17) is 25.8 Å². The molecule has 1 aliphatic heterocycles. The topological polar surface area (TPSA) is 113 Å². The molecule has 2 aliphatic rings. The van der Waals surface area contributed by atoms with Gasteiger partial charge in [-0.2, -0.15) is 0 Å². The van der Waals surface area contributed by atoms with E-state index in [9.17, 15) is 14.7 Å². The van der Waals surface area contributed by atoms with Gasteiger partial charge in [-0.1, -0.05) is 49.2 Å². The van der Waals surface area contributed by atoms with Gasteiger partial charge in [0, 0.05) is 68.8 Å². The van der Waals surface area contributed by atoms with Gasteiger partial charge in [-0.25, -0.2) is 4.98 Å². The Morgan fingerprint density at radius 2 is 2.02 bits per heavy atom. The predicted molar refractivity (Wildman–Crippen MR) is 206 cm³/mol. The third kappa shape index (κ3) is 10.0. The summed E-state index contributed by atoms with van der Waals surface area (Å²) in [4.78, 5) is 33.8. The van der Waals surface area contributed by atoms with Crippen LogP contribution in [0.1, 0.15) is 68.2 Å². The number of nitrogens with zero attached hydrogens (tertiary/aromatic N) is 3. The van der Waals surface area contributed by atoms with Crippen molar-refractivity contribution in [3.63, 3.8) is 0 Å². The fourth-order valence-electron chi connectivity index (χ4n) is 6.95. The van der Waals surface area contributed by atoms with Crippen LogP contribution in [0, 0.1) is 11.8 Å². The second-order valence-corrected chi connectivity index (χ2v) is 14.9. The van der Waals surface area contributed by atoms with E-state index in [0.29, 0.717) is 47.9 Å². The van der Waals surface area contributed by atoms with Crippen molar-refractivity contribution in [1.82, 2.24) is 14.6 Å². The van der Waals surface area contributed by atoms with Gasteiger partial charge in [-0.3, -0.25) is 14.3 Å². The molecule has 1 aliphatic carbocycles. The third-order valence-electron chi connectivity index (χ3n) is 10.1. The number of pyridine rings is 1. The Balaban J connectivity index is 1.37. The van der Waals surface area contributed by atoms with Gasteiger partial charge >= 0.3 is 0 Å². The quantitative estimate of drug-likeness (QED) is 0.118. The SMILES string of the molecule is CCCc1cc(Cl)ccc1C1COc2ccc(C(O)C(=O)NSc3ccc(OC)nc3)cc2N(CC2CCC2C(/C=C/CCN(C)C(C)=O)OC)C1. The Morgan fingerprint density at radius 1 is 1.19 bits per heavy atom. The van der Waals surface area contributed by atoms with E-state index in [0.717, 1.165) is 67.1 Å². The average molecular weight is 751 g/mol. The molecule has 280 valence electrons. The number of anilines is 1. The highest BCUT2D eigenvalue weighted by atomic mass is 35.5. The van der Waals surface area contributed by atoms with Crippen molar-refractivity contribution in [3.8, 4) is 11.6 Å². The molecule has 12 heteroatoms. The molecule has 5 rings (SSSR count). The zero-order valence-electron chi connectivity index (χ0n) is 30.7. The van der Waals surface area contributed by atoms with Crippen molar-refractivity contribution < 1.29 is 28.9 Å². The molecule has 1 aromatic heterocycles. The van der Waals surface area contributed by atoms with Crippen LogP contribution >= 0.6 is 23.5 Å². The summed E-state index contributed by atoms with van der Waals surface area (Å²) < 4.78 is 20.4. The van der Waals surface area contributed by atoms with Crippen molar-refractivity contribution in [2.75, 3.05) is 52.4 Å². The normalized spacial score (nSPS) is 19.5. The number of halogens is 1. The Kier molecular flexibility index (Phi) is 14.3. The molecule has 2 heterocycles. The standard InChI is InChI=1S/C40H51ClN4O6S/c1-6-9-27-20-31(41)13-16-33(27)30-24-45(23-29-11-15-34(29)36(49-4)10-7-8-19-44(3)26(2)46)35-21-28(12-17-37(35)51-25-30)39(47)40(48)43-52-32-14-18-38(50-5)42-22-32/h7,10,12-14,16-18,20-22,29-30,34,36,39,47H,6,8-9,11,15,19,23-25H2,1-5H3,(H,43,48)/b10-7+. The Labute approximate surface area is 317 Å². The summed E-state index contributed by atoms with van der Waals surface area (Å²) in [6.45, 7) is 6.37. The summed E-state index contributed by atoms with van der Waals surface area (Å²) in [5.74, 6) is 1.47. The van der Waals surface area contributed by atoms with E-state index < -0.39 is 12.0 Å². The molecule has 3 aromatic rings. The Morgan fingerprint density at radius 3 is 2.69 bits per heavy atom. The minimum atomic E-state index is -1.39.